The number of carbonyl (C=O) groups excluding carboxylic acids is 1. The molecule has 0 atom stereocenters. The second-order valence-corrected chi connectivity index (χ2v) is 6.00. The first-order valence-corrected chi connectivity index (χ1v) is 8.52. The fourth-order valence-corrected chi connectivity index (χ4v) is 2.66. The Kier molecular flexibility index (Phi) is 6.02. The smallest absolute Gasteiger partial charge is 0.255 e. The third kappa shape index (κ3) is 5.05. The van der Waals surface area contributed by atoms with Gasteiger partial charge in [-0.1, -0.05) is 18.2 Å². The molecule has 0 radical (unpaired) electrons. The summed E-state index contributed by atoms with van der Waals surface area (Å²) in [7, 11) is 1.52. The van der Waals surface area contributed by atoms with Gasteiger partial charge in [0, 0.05) is 36.7 Å². The van der Waals surface area contributed by atoms with Crippen molar-refractivity contribution in [3.63, 3.8) is 0 Å². The molecule has 1 heterocycles. The number of pyridine rings is 1. The average molecular weight is 363 g/mol. The number of rotatable bonds is 7. The summed E-state index contributed by atoms with van der Waals surface area (Å²) in [5, 5.41) is 16.0. The van der Waals surface area contributed by atoms with Gasteiger partial charge in [-0.2, -0.15) is 0 Å². The number of amides is 1. The molecule has 0 spiro atoms. The third-order valence-electron chi connectivity index (χ3n) is 4.03. The highest BCUT2D eigenvalue weighted by atomic mass is 16.5. The molecule has 6 heteroatoms. The van der Waals surface area contributed by atoms with Gasteiger partial charge in [0.05, 0.1) is 7.11 Å². The van der Waals surface area contributed by atoms with Crippen LogP contribution < -0.4 is 15.4 Å². The van der Waals surface area contributed by atoms with E-state index in [1.807, 2.05) is 30.3 Å². The Morgan fingerprint density at radius 1 is 1.04 bits per heavy atom. The number of hydrogen-bond donors (Lipinski definition) is 3. The predicted molar refractivity (Wildman–Crippen MR) is 104 cm³/mol. The minimum atomic E-state index is -0.170. The molecular weight excluding hydrogens is 342 g/mol. The zero-order valence-corrected chi connectivity index (χ0v) is 15.0. The van der Waals surface area contributed by atoms with Crippen molar-refractivity contribution in [2.75, 3.05) is 12.4 Å². The van der Waals surface area contributed by atoms with Crippen LogP contribution in [0.15, 0.2) is 67.0 Å². The molecule has 0 aliphatic carbocycles. The Labute approximate surface area is 157 Å². The maximum absolute atomic E-state index is 12.2. The minimum Gasteiger partial charge on any atom is -0.504 e. The fraction of sp³-hybridized carbons (Fsp3) is 0.143. The molecule has 0 fully saturated rings. The number of nitrogens with zero attached hydrogens (tertiary/aromatic N) is 1. The summed E-state index contributed by atoms with van der Waals surface area (Å²) in [5.74, 6) is 0.408. The van der Waals surface area contributed by atoms with Crippen LogP contribution in [0.2, 0.25) is 0 Å². The van der Waals surface area contributed by atoms with Crippen molar-refractivity contribution in [2.24, 2.45) is 0 Å². The van der Waals surface area contributed by atoms with Crippen LogP contribution in [0.25, 0.3) is 0 Å². The Morgan fingerprint density at radius 2 is 1.78 bits per heavy atom. The molecule has 0 aliphatic rings. The van der Waals surface area contributed by atoms with E-state index in [2.05, 4.69) is 15.6 Å². The van der Waals surface area contributed by atoms with Crippen LogP contribution in [-0.4, -0.2) is 23.1 Å². The highest BCUT2D eigenvalue weighted by Crippen LogP contribution is 2.26. The van der Waals surface area contributed by atoms with E-state index in [-0.39, 0.29) is 11.7 Å². The summed E-state index contributed by atoms with van der Waals surface area (Å²) >= 11 is 0. The quantitative estimate of drug-likeness (QED) is 0.600. The fourth-order valence-electron chi connectivity index (χ4n) is 2.66. The molecule has 0 unspecified atom stereocenters. The van der Waals surface area contributed by atoms with Crippen molar-refractivity contribution < 1.29 is 14.6 Å². The lowest BCUT2D eigenvalue weighted by molar-refractivity contribution is 0.102. The van der Waals surface area contributed by atoms with Crippen LogP contribution in [0.4, 0.5) is 5.69 Å². The van der Waals surface area contributed by atoms with E-state index in [0.29, 0.717) is 24.4 Å². The number of carbonyl (C=O) groups is 1. The molecule has 3 rings (SSSR count). The van der Waals surface area contributed by atoms with Crippen molar-refractivity contribution in [1.82, 2.24) is 10.3 Å². The van der Waals surface area contributed by atoms with Crippen LogP contribution in [0.5, 0.6) is 11.5 Å². The topological polar surface area (TPSA) is 83.5 Å². The van der Waals surface area contributed by atoms with E-state index in [1.54, 1.807) is 36.7 Å². The van der Waals surface area contributed by atoms with Gasteiger partial charge in [0.15, 0.2) is 11.5 Å². The molecule has 2 aromatic carbocycles. The molecular formula is C21H21N3O3. The largest absolute Gasteiger partial charge is 0.504 e. The lowest BCUT2D eigenvalue weighted by Crippen LogP contribution is -2.14. The first kappa shape index (κ1) is 18.4. The van der Waals surface area contributed by atoms with Crippen LogP contribution >= 0.6 is 0 Å². The summed E-state index contributed by atoms with van der Waals surface area (Å²) in [6.07, 6.45) is 3.18. The third-order valence-corrected chi connectivity index (χ3v) is 4.03. The molecule has 0 saturated carbocycles. The first-order valence-electron chi connectivity index (χ1n) is 8.52. The first-order chi connectivity index (χ1) is 13.2. The highest BCUT2D eigenvalue weighted by molar-refractivity contribution is 6.04. The number of hydrogen-bond acceptors (Lipinski definition) is 5. The maximum Gasteiger partial charge on any atom is 0.255 e. The highest BCUT2D eigenvalue weighted by Gasteiger charge is 2.06. The number of methoxy groups -OCH3 is 1. The molecule has 1 amide bonds. The summed E-state index contributed by atoms with van der Waals surface area (Å²) < 4.78 is 5.04. The van der Waals surface area contributed by atoms with Crippen molar-refractivity contribution in [2.45, 2.75) is 13.1 Å². The van der Waals surface area contributed by atoms with Gasteiger partial charge in [-0.15, -0.1) is 0 Å². The van der Waals surface area contributed by atoms with E-state index >= 15 is 0 Å². The SMILES string of the molecule is COc1ccc(CNCc2cccc(NC(=O)c3ccncc3)c2)cc1O. The van der Waals surface area contributed by atoms with Crippen LogP contribution in [0.1, 0.15) is 21.5 Å². The Balaban J connectivity index is 1.56. The molecule has 0 saturated heterocycles. The van der Waals surface area contributed by atoms with E-state index in [0.717, 1.165) is 16.8 Å². The van der Waals surface area contributed by atoms with Crippen molar-refractivity contribution in [1.29, 1.82) is 0 Å². The Morgan fingerprint density at radius 3 is 2.48 bits per heavy atom. The van der Waals surface area contributed by atoms with Crippen LogP contribution in [-0.2, 0) is 13.1 Å². The van der Waals surface area contributed by atoms with E-state index < -0.39 is 0 Å². The molecule has 6 nitrogen and oxygen atoms in total. The van der Waals surface area contributed by atoms with Gasteiger partial charge in [-0.05, 0) is 47.5 Å². The van der Waals surface area contributed by atoms with Gasteiger partial charge in [0.2, 0.25) is 0 Å². The van der Waals surface area contributed by atoms with Crippen LogP contribution in [0, 0.1) is 0 Å². The Hall–Kier alpha value is -3.38. The van der Waals surface area contributed by atoms with E-state index in [9.17, 15) is 9.90 Å². The van der Waals surface area contributed by atoms with Gasteiger partial charge in [-0.3, -0.25) is 9.78 Å². The van der Waals surface area contributed by atoms with Crippen LogP contribution in [0.3, 0.4) is 0 Å². The number of aromatic nitrogens is 1. The molecule has 3 N–H and O–H groups in total. The second-order valence-electron chi connectivity index (χ2n) is 6.00. The van der Waals surface area contributed by atoms with Gasteiger partial charge in [0.25, 0.3) is 5.91 Å². The zero-order valence-electron chi connectivity index (χ0n) is 15.0. The van der Waals surface area contributed by atoms with E-state index in [1.165, 1.54) is 7.11 Å². The zero-order chi connectivity index (χ0) is 19.1. The number of ether oxygens (including phenoxy) is 1. The average Bonchev–Trinajstić information content (AvgIpc) is 2.69. The summed E-state index contributed by atoms with van der Waals surface area (Å²) in [6, 6.07) is 16.3. The van der Waals surface area contributed by atoms with Crippen molar-refractivity contribution in [3.05, 3.63) is 83.7 Å². The van der Waals surface area contributed by atoms with Gasteiger partial charge < -0.3 is 20.5 Å². The lowest BCUT2D eigenvalue weighted by Gasteiger charge is -2.10. The number of aromatic hydroxyl groups is 1. The normalized spacial score (nSPS) is 10.4. The summed E-state index contributed by atoms with van der Waals surface area (Å²) in [4.78, 5) is 16.1. The van der Waals surface area contributed by atoms with Gasteiger partial charge >= 0.3 is 0 Å². The molecule has 3 aromatic rings. The standard InChI is InChI=1S/C21H21N3O3/c1-27-20-6-5-16(12-19(20)25)14-23-13-15-3-2-4-18(11-15)24-21(26)17-7-9-22-10-8-17/h2-12,23,25H,13-14H2,1H3,(H,24,26). The van der Waals surface area contributed by atoms with Gasteiger partial charge in [-0.25, -0.2) is 0 Å². The summed E-state index contributed by atoms with van der Waals surface area (Å²) in [5.41, 5.74) is 3.29. The predicted octanol–water partition coefficient (Wildman–Crippen LogP) is 3.34. The molecule has 0 bridgehead atoms. The molecule has 27 heavy (non-hydrogen) atoms. The minimum absolute atomic E-state index is 0.123. The van der Waals surface area contributed by atoms with Gasteiger partial charge in [0.1, 0.15) is 0 Å². The number of anilines is 1. The number of phenolic OH excluding ortho intramolecular Hbond substituents is 1. The second kappa shape index (κ2) is 8.82. The number of phenols is 1. The molecule has 0 aliphatic heterocycles. The van der Waals surface area contributed by atoms with Crippen molar-refractivity contribution in [3.8, 4) is 11.5 Å². The Bertz CT molecular complexity index is 914. The maximum atomic E-state index is 12.2. The van der Waals surface area contributed by atoms with E-state index in [4.69, 9.17) is 4.74 Å². The molecule has 1 aromatic heterocycles. The van der Waals surface area contributed by atoms with Crippen molar-refractivity contribution >= 4 is 11.6 Å². The molecule has 138 valence electrons. The summed E-state index contributed by atoms with van der Waals surface area (Å²) in [6.45, 7) is 1.23. The number of nitrogens with one attached hydrogen (secondary N) is 2. The monoisotopic (exact) mass is 363 g/mol. The number of benzene rings is 2. The lowest BCUT2D eigenvalue weighted by atomic mass is 10.1.